The van der Waals surface area contributed by atoms with Crippen LogP contribution in [-0.4, -0.2) is 46.1 Å². The van der Waals surface area contributed by atoms with Gasteiger partial charge in [0.25, 0.3) is 5.91 Å². The van der Waals surface area contributed by atoms with E-state index < -0.39 is 29.7 Å². The van der Waals surface area contributed by atoms with Crippen molar-refractivity contribution >= 4 is 28.4 Å². The van der Waals surface area contributed by atoms with Crippen molar-refractivity contribution in [2.24, 2.45) is 5.73 Å². The zero-order chi connectivity index (χ0) is 15.3. The molecule has 1 aromatic heterocycles. The Balaban J connectivity index is 1.98. The zero-order valence-corrected chi connectivity index (χ0v) is 11.5. The Kier molecular flexibility index (Phi) is 3.35. The van der Waals surface area contributed by atoms with Crippen LogP contribution in [0.25, 0.3) is 10.9 Å². The number of aliphatic hydroxyl groups is 1. The van der Waals surface area contributed by atoms with Gasteiger partial charge in [0.2, 0.25) is 0 Å². The highest BCUT2D eigenvalue weighted by Gasteiger charge is 2.32. The molecule has 1 saturated heterocycles. The summed E-state index contributed by atoms with van der Waals surface area (Å²) in [4.78, 5) is 16.2. The van der Waals surface area contributed by atoms with Gasteiger partial charge in [-0.25, -0.2) is 8.78 Å². The summed E-state index contributed by atoms with van der Waals surface area (Å²) in [7, 11) is 0. The van der Waals surface area contributed by atoms with E-state index in [4.69, 9.17) is 17.3 Å². The van der Waals surface area contributed by atoms with E-state index in [9.17, 15) is 18.7 Å². The Hall–Kier alpha value is -1.70. The average Bonchev–Trinajstić information content (AvgIpc) is 3.00. The number of rotatable bonds is 1. The predicted octanol–water partition coefficient (Wildman–Crippen LogP) is 1.24. The number of hydrogen-bond donors (Lipinski definition) is 3. The Bertz CT molecular complexity index is 724. The quantitative estimate of drug-likeness (QED) is 0.693. The Labute approximate surface area is 123 Å². The molecule has 5 nitrogen and oxygen atoms in total. The summed E-state index contributed by atoms with van der Waals surface area (Å²) < 4.78 is 27.2. The number of carbonyl (C=O) groups excluding carboxylic acids is 1. The molecule has 21 heavy (non-hydrogen) atoms. The van der Waals surface area contributed by atoms with Crippen molar-refractivity contribution in [2.45, 2.75) is 12.1 Å². The van der Waals surface area contributed by atoms with E-state index in [1.54, 1.807) is 0 Å². The van der Waals surface area contributed by atoms with E-state index in [2.05, 4.69) is 4.98 Å². The number of aromatic nitrogens is 1. The highest BCUT2D eigenvalue weighted by Crippen LogP contribution is 2.27. The maximum Gasteiger partial charge on any atom is 0.270 e. The van der Waals surface area contributed by atoms with Crippen LogP contribution in [0.1, 0.15) is 10.5 Å². The van der Waals surface area contributed by atoms with Crippen molar-refractivity contribution in [2.75, 3.05) is 13.1 Å². The number of β-amino-alcohol motifs (C(OH)–C–C–N with tert-alkyl or cyclic N) is 1. The molecular weight excluding hydrogens is 304 g/mol. The second-order valence-electron chi connectivity index (χ2n) is 5.07. The van der Waals surface area contributed by atoms with Crippen molar-refractivity contribution in [3.05, 3.63) is 34.5 Å². The van der Waals surface area contributed by atoms with E-state index in [0.717, 1.165) is 0 Å². The maximum absolute atomic E-state index is 13.8. The molecule has 1 fully saturated rings. The number of benzene rings is 1. The number of halogens is 3. The third-order valence-electron chi connectivity index (χ3n) is 3.60. The molecule has 8 heteroatoms. The minimum Gasteiger partial charge on any atom is -0.390 e. The van der Waals surface area contributed by atoms with Crippen LogP contribution in [0.2, 0.25) is 5.02 Å². The molecule has 112 valence electrons. The first-order valence-electron chi connectivity index (χ1n) is 6.27. The molecule has 1 aliphatic heterocycles. The fourth-order valence-electron chi connectivity index (χ4n) is 2.44. The van der Waals surface area contributed by atoms with Gasteiger partial charge in [0, 0.05) is 24.5 Å². The normalized spacial score (nSPS) is 22.2. The molecule has 4 N–H and O–H groups in total. The number of nitrogens with two attached hydrogens (primary N) is 1. The molecule has 1 amide bonds. The molecule has 2 heterocycles. The van der Waals surface area contributed by atoms with Gasteiger partial charge in [0.05, 0.1) is 16.6 Å². The molecule has 0 bridgehead atoms. The van der Waals surface area contributed by atoms with Gasteiger partial charge in [-0.15, -0.1) is 0 Å². The molecule has 1 aromatic carbocycles. The number of carbonyl (C=O) groups is 1. The summed E-state index contributed by atoms with van der Waals surface area (Å²) in [5.41, 5.74) is 5.61. The monoisotopic (exact) mass is 315 g/mol. The summed E-state index contributed by atoms with van der Waals surface area (Å²) in [5, 5.41) is 9.51. The van der Waals surface area contributed by atoms with Crippen LogP contribution in [0.3, 0.4) is 0 Å². The SMILES string of the molecule is NC1CN(C(=O)c2cc3cc(Cl)c(F)c(F)c3[nH]2)CC1O. The predicted molar refractivity (Wildman–Crippen MR) is 73.1 cm³/mol. The molecule has 2 unspecified atom stereocenters. The lowest BCUT2D eigenvalue weighted by Crippen LogP contribution is -2.33. The van der Waals surface area contributed by atoms with Crippen molar-refractivity contribution in [3.8, 4) is 0 Å². The lowest BCUT2D eigenvalue weighted by Gasteiger charge is -2.13. The smallest absolute Gasteiger partial charge is 0.270 e. The second-order valence-corrected chi connectivity index (χ2v) is 5.48. The van der Waals surface area contributed by atoms with Crippen LogP contribution in [0.4, 0.5) is 8.78 Å². The van der Waals surface area contributed by atoms with Crippen molar-refractivity contribution in [1.29, 1.82) is 0 Å². The molecule has 0 aliphatic carbocycles. The summed E-state index contributed by atoms with van der Waals surface area (Å²) in [6.45, 7) is 0.305. The van der Waals surface area contributed by atoms with Gasteiger partial charge in [-0.05, 0) is 12.1 Å². The first-order chi connectivity index (χ1) is 9.88. The van der Waals surface area contributed by atoms with E-state index in [0.29, 0.717) is 5.39 Å². The number of fused-ring (bicyclic) bond motifs is 1. The van der Waals surface area contributed by atoms with Crippen molar-refractivity contribution in [1.82, 2.24) is 9.88 Å². The van der Waals surface area contributed by atoms with Gasteiger partial charge < -0.3 is 20.7 Å². The Morgan fingerprint density at radius 2 is 2.10 bits per heavy atom. The largest absolute Gasteiger partial charge is 0.390 e. The van der Waals surface area contributed by atoms with Crippen LogP contribution in [0.15, 0.2) is 12.1 Å². The van der Waals surface area contributed by atoms with Crippen LogP contribution in [-0.2, 0) is 0 Å². The molecule has 2 atom stereocenters. The third-order valence-corrected chi connectivity index (χ3v) is 3.88. The molecule has 3 rings (SSSR count). The highest BCUT2D eigenvalue weighted by molar-refractivity contribution is 6.31. The number of nitrogens with one attached hydrogen (secondary N) is 1. The third kappa shape index (κ3) is 2.27. The molecule has 0 radical (unpaired) electrons. The lowest BCUT2D eigenvalue weighted by molar-refractivity contribution is 0.0760. The van der Waals surface area contributed by atoms with Gasteiger partial charge in [0.15, 0.2) is 11.6 Å². The summed E-state index contributed by atoms with van der Waals surface area (Å²) in [5.74, 6) is -2.73. The number of nitrogens with zero attached hydrogens (tertiary/aromatic N) is 1. The minimum atomic E-state index is -1.16. The van der Waals surface area contributed by atoms with Gasteiger partial charge in [-0.2, -0.15) is 0 Å². The fraction of sp³-hybridized carbons (Fsp3) is 0.308. The van der Waals surface area contributed by atoms with Crippen molar-refractivity contribution < 1.29 is 18.7 Å². The minimum absolute atomic E-state index is 0.0897. The number of aliphatic hydroxyl groups excluding tert-OH is 1. The van der Waals surface area contributed by atoms with Crippen LogP contribution in [0.5, 0.6) is 0 Å². The van der Waals surface area contributed by atoms with Crippen LogP contribution in [0, 0.1) is 11.6 Å². The van der Waals surface area contributed by atoms with Crippen molar-refractivity contribution in [3.63, 3.8) is 0 Å². The number of hydrogen-bond acceptors (Lipinski definition) is 3. The summed E-state index contributed by atoms with van der Waals surface area (Å²) >= 11 is 5.57. The highest BCUT2D eigenvalue weighted by atomic mass is 35.5. The number of aromatic amines is 1. The topological polar surface area (TPSA) is 82.3 Å². The summed E-state index contributed by atoms with van der Waals surface area (Å²) in [6.07, 6.45) is -0.790. The molecular formula is C13H12ClF2N3O2. The number of H-pyrrole nitrogens is 1. The van der Waals surface area contributed by atoms with E-state index >= 15 is 0 Å². The first kappa shape index (κ1) is 14.2. The second kappa shape index (κ2) is 4.94. The van der Waals surface area contributed by atoms with Crippen LogP contribution >= 0.6 is 11.6 Å². The first-order valence-corrected chi connectivity index (χ1v) is 6.65. The van der Waals surface area contributed by atoms with Gasteiger partial charge in [-0.3, -0.25) is 4.79 Å². The molecule has 0 saturated carbocycles. The maximum atomic E-state index is 13.8. The molecule has 0 spiro atoms. The van der Waals surface area contributed by atoms with Gasteiger partial charge in [-0.1, -0.05) is 11.6 Å². The number of likely N-dealkylation sites (tertiary alicyclic amines) is 1. The van der Waals surface area contributed by atoms with E-state index in [1.165, 1.54) is 17.0 Å². The fourth-order valence-corrected chi connectivity index (χ4v) is 2.64. The van der Waals surface area contributed by atoms with Gasteiger partial charge in [0.1, 0.15) is 5.69 Å². The standard InChI is InChI=1S/C13H12ClF2N3O2/c14-6-1-5-2-8(18-12(5)11(16)10(6)15)13(21)19-3-7(17)9(20)4-19/h1-2,7,9,18,20H,3-4,17H2. The van der Waals surface area contributed by atoms with Gasteiger partial charge >= 0.3 is 0 Å². The average molecular weight is 316 g/mol. The van der Waals surface area contributed by atoms with Crippen LogP contribution < -0.4 is 5.73 Å². The molecule has 1 aliphatic rings. The lowest BCUT2D eigenvalue weighted by atomic mass is 10.2. The Morgan fingerprint density at radius 3 is 2.71 bits per heavy atom. The number of amides is 1. The Morgan fingerprint density at radius 1 is 1.38 bits per heavy atom. The molecule has 2 aromatic rings. The summed E-state index contributed by atoms with van der Waals surface area (Å²) in [6, 6.07) is 2.12. The zero-order valence-electron chi connectivity index (χ0n) is 10.7. The van der Waals surface area contributed by atoms with E-state index in [-0.39, 0.29) is 29.3 Å². The van der Waals surface area contributed by atoms with E-state index in [1.807, 2.05) is 0 Å².